The summed E-state index contributed by atoms with van der Waals surface area (Å²) in [6.45, 7) is 2.83. The molecule has 0 bridgehead atoms. The zero-order valence-corrected chi connectivity index (χ0v) is 58.3. The minimum atomic E-state index is -1.79. The predicted octanol–water partition coefficient (Wildman–Crippen LogP) is 16.6. The Bertz CT molecular complexity index is 1710. The Labute approximate surface area is 556 Å². The molecule has 91 heavy (non-hydrogen) atoms. The highest BCUT2D eigenvalue weighted by atomic mass is 16.7. The zero-order chi connectivity index (χ0) is 65.9. The van der Waals surface area contributed by atoms with E-state index in [4.69, 9.17) is 18.9 Å². The first-order chi connectivity index (χ1) is 44.6. The number of aliphatic hydroxyl groups is 8. The fourth-order valence-corrected chi connectivity index (χ4v) is 12.6. The highest BCUT2D eigenvalue weighted by Crippen LogP contribution is 2.30. The Morgan fingerprint density at radius 2 is 0.703 bits per heavy atom. The quantitative estimate of drug-likeness (QED) is 0.0204. The fourth-order valence-electron chi connectivity index (χ4n) is 12.6. The summed E-state index contributed by atoms with van der Waals surface area (Å²) in [5, 5.41) is 87.5. The van der Waals surface area contributed by atoms with Crippen molar-refractivity contribution in [1.82, 2.24) is 5.32 Å². The van der Waals surface area contributed by atoms with Crippen molar-refractivity contribution < 1.29 is 64.6 Å². The monoisotopic (exact) mass is 1290 g/mol. The van der Waals surface area contributed by atoms with Crippen molar-refractivity contribution in [3.63, 3.8) is 0 Å². The van der Waals surface area contributed by atoms with Crippen LogP contribution in [0, 0.1) is 0 Å². The van der Waals surface area contributed by atoms with Gasteiger partial charge in [-0.25, -0.2) is 0 Å². The normalized spacial score (nSPS) is 23.0. The first-order valence-corrected chi connectivity index (χ1v) is 38.4. The summed E-state index contributed by atoms with van der Waals surface area (Å²) in [6, 6.07) is -0.939. The molecule has 0 saturated carbocycles. The molecule has 0 aliphatic carbocycles. The number of hydrogen-bond donors (Lipinski definition) is 9. The first-order valence-electron chi connectivity index (χ1n) is 38.4. The Morgan fingerprint density at radius 1 is 0.385 bits per heavy atom. The SMILES string of the molecule is CCCCCCCCCC/C=C\CCCCCCCCCCCCCCCCCCCCCC(=O)NC(COC1OC(CO)C(OC2OC(CO)C(O)C(O)C2O)C(O)C1O)C(O)/C=C/CC/C=C/CC/C=C/CCCCCCCCCCCCCCCCCC. The molecule has 2 fully saturated rings. The van der Waals surface area contributed by atoms with Gasteiger partial charge in [-0.15, -0.1) is 0 Å². The maximum absolute atomic E-state index is 13.4. The Morgan fingerprint density at radius 3 is 1.08 bits per heavy atom. The second kappa shape index (κ2) is 61.5. The van der Waals surface area contributed by atoms with Gasteiger partial charge >= 0.3 is 0 Å². The molecule has 12 atom stereocenters. The average Bonchev–Trinajstić information content (AvgIpc) is 1.25. The lowest BCUT2D eigenvalue weighted by Crippen LogP contribution is -2.65. The van der Waals surface area contributed by atoms with Crippen LogP contribution >= 0.6 is 0 Å². The van der Waals surface area contributed by atoms with Gasteiger partial charge in [-0.1, -0.05) is 313 Å². The van der Waals surface area contributed by atoms with Crippen LogP contribution in [0.25, 0.3) is 0 Å². The van der Waals surface area contributed by atoms with Gasteiger partial charge in [0.25, 0.3) is 0 Å². The second-order valence-corrected chi connectivity index (χ2v) is 27.1. The van der Waals surface area contributed by atoms with E-state index in [1.807, 2.05) is 6.08 Å². The number of allylic oxidation sites excluding steroid dienone is 7. The summed E-state index contributed by atoms with van der Waals surface area (Å²) in [4.78, 5) is 13.4. The van der Waals surface area contributed by atoms with Gasteiger partial charge in [0.15, 0.2) is 12.6 Å². The number of carbonyl (C=O) groups excluding carboxylic acids is 1. The number of rotatable bonds is 64. The third kappa shape index (κ3) is 45.2. The highest BCUT2D eigenvalue weighted by Gasteiger charge is 2.51. The smallest absolute Gasteiger partial charge is 0.220 e. The van der Waals surface area contributed by atoms with Crippen LogP contribution in [0.15, 0.2) is 48.6 Å². The van der Waals surface area contributed by atoms with E-state index in [9.17, 15) is 45.6 Å². The molecular weight excluding hydrogens is 1150 g/mol. The molecule has 2 rings (SSSR count). The van der Waals surface area contributed by atoms with E-state index in [-0.39, 0.29) is 18.9 Å². The molecule has 1 amide bonds. The molecular formula is C77H143NO13. The van der Waals surface area contributed by atoms with Crippen LogP contribution in [0.1, 0.15) is 341 Å². The van der Waals surface area contributed by atoms with E-state index in [1.54, 1.807) is 6.08 Å². The van der Waals surface area contributed by atoms with Gasteiger partial charge in [-0.2, -0.15) is 0 Å². The minimum Gasteiger partial charge on any atom is -0.394 e. The van der Waals surface area contributed by atoms with Crippen LogP contribution in [-0.2, 0) is 23.7 Å². The summed E-state index contributed by atoms with van der Waals surface area (Å²) in [5.41, 5.74) is 0. The molecule has 14 heteroatoms. The third-order valence-corrected chi connectivity index (χ3v) is 18.7. The van der Waals surface area contributed by atoms with Gasteiger partial charge in [-0.3, -0.25) is 4.79 Å². The minimum absolute atomic E-state index is 0.247. The van der Waals surface area contributed by atoms with E-state index in [1.165, 1.54) is 263 Å². The van der Waals surface area contributed by atoms with Gasteiger partial charge in [0, 0.05) is 6.42 Å². The van der Waals surface area contributed by atoms with Crippen molar-refractivity contribution in [2.45, 2.75) is 415 Å². The van der Waals surface area contributed by atoms with Crippen molar-refractivity contribution in [3.8, 4) is 0 Å². The molecule has 9 N–H and O–H groups in total. The maximum Gasteiger partial charge on any atom is 0.220 e. The van der Waals surface area contributed by atoms with Crippen LogP contribution in [-0.4, -0.2) is 140 Å². The number of amides is 1. The van der Waals surface area contributed by atoms with Crippen molar-refractivity contribution in [1.29, 1.82) is 0 Å². The number of aliphatic hydroxyl groups excluding tert-OH is 8. The lowest BCUT2D eigenvalue weighted by Gasteiger charge is -2.46. The standard InChI is InChI=1S/C77H143NO13/c1-3-5-7-9-11-13-15-17-19-21-23-25-27-29-31-32-33-34-35-37-39-41-43-45-47-49-51-53-55-57-59-61-69(82)78-65(64-88-76-74(87)72(85)75(68(63-80)90-76)91-77-73(86)71(84)70(83)67(62-79)89-77)66(81)60-58-56-54-52-50-48-46-44-42-40-38-36-30-28-26-24-22-20-18-16-14-12-10-8-6-4-2/h21,23,42,44,50,52,58,60,65-68,70-77,79-81,83-87H,3-20,22,24-41,43,45-49,51,53-57,59,61-64H2,1-2H3,(H,78,82)/b23-21-,44-42+,52-50+,60-58+. The van der Waals surface area contributed by atoms with E-state index in [0.29, 0.717) is 12.8 Å². The number of nitrogens with one attached hydrogen (secondary N) is 1. The van der Waals surface area contributed by atoms with Crippen molar-refractivity contribution >= 4 is 5.91 Å². The molecule has 12 unspecified atom stereocenters. The summed E-state index contributed by atoms with van der Waals surface area (Å²) in [5.74, 6) is -0.247. The first kappa shape index (κ1) is 85.0. The molecule has 0 aromatic rings. The maximum atomic E-state index is 13.4. The van der Waals surface area contributed by atoms with Gasteiger partial charge in [0.2, 0.25) is 5.91 Å². The third-order valence-electron chi connectivity index (χ3n) is 18.7. The van der Waals surface area contributed by atoms with Gasteiger partial charge in [-0.05, 0) is 70.6 Å². The van der Waals surface area contributed by atoms with Crippen LogP contribution in [0.2, 0.25) is 0 Å². The zero-order valence-electron chi connectivity index (χ0n) is 58.3. The number of unbranched alkanes of at least 4 members (excludes halogenated alkanes) is 45. The Hall–Kier alpha value is -2.05. The molecule has 534 valence electrons. The molecule has 2 heterocycles. The molecule has 2 aliphatic rings. The fraction of sp³-hybridized carbons (Fsp3) is 0.883. The number of hydrogen-bond acceptors (Lipinski definition) is 13. The summed E-state index contributed by atoms with van der Waals surface area (Å²) in [6.07, 6.45) is 64.8. The van der Waals surface area contributed by atoms with Gasteiger partial charge in [0.05, 0.1) is 32.0 Å². The van der Waals surface area contributed by atoms with E-state index in [2.05, 4.69) is 55.6 Å². The molecule has 0 radical (unpaired) electrons. The highest BCUT2D eigenvalue weighted by molar-refractivity contribution is 5.76. The topological polar surface area (TPSA) is 228 Å². The van der Waals surface area contributed by atoms with Crippen molar-refractivity contribution in [2.75, 3.05) is 19.8 Å². The van der Waals surface area contributed by atoms with Crippen molar-refractivity contribution in [3.05, 3.63) is 48.6 Å². The van der Waals surface area contributed by atoms with Crippen LogP contribution in [0.3, 0.4) is 0 Å². The molecule has 0 spiro atoms. The average molecular weight is 1290 g/mol. The van der Waals surface area contributed by atoms with Crippen molar-refractivity contribution in [2.24, 2.45) is 0 Å². The van der Waals surface area contributed by atoms with Gasteiger partial charge in [0.1, 0.15) is 48.8 Å². The lowest BCUT2D eigenvalue weighted by atomic mass is 9.97. The van der Waals surface area contributed by atoms with E-state index < -0.39 is 86.8 Å². The molecule has 0 aromatic heterocycles. The van der Waals surface area contributed by atoms with E-state index >= 15 is 0 Å². The Balaban J connectivity index is 1.66. The second-order valence-electron chi connectivity index (χ2n) is 27.1. The largest absolute Gasteiger partial charge is 0.394 e. The Kier molecular flexibility index (Phi) is 57.5. The molecule has 2 aliphatic heterocycles. The van der Waals surface area contributed by atoms with E-state index in [0.717, 1.165) is 44.9 Å². The summed E-state index contributed by atoms with van der Waals surface area (Å²) < 4.78 is 22.9. The molecule has 0 aromatic carbocycles. The molecule has 14 nitrogen and oxygen atoms in total. The van der Waals surface area contributed by atoms with Crippen LogP contribution in [0.4, 0.5) is 0 Å². The van der Waals surface area contributed by atoms with Crippen LogP contribution < -0.4 is 5.32 Å². The number of ether oxygens (including phenoxy) is 4. The predicted molar refractivity (Wildman–Crippen MR) is 374 cm³/mol. The summed E-state index contributed by atoms with van der Waals surface area (Å²) in [7, 11) is 0. The lowest BCUT2D eigenvalue weighted by molar-refractivity contribution is -0.359. The number of carbonyl (C=O) groups is 1. The summed E-state index contributed by atoms with van der Waals surface area (Å²) >= 11 is 0. The molecule has 2 saturated heterocycles. The van der Waals surface area contributed by atoms with Crippen LogP contribution in [0.5, 0.6) is 0 Å². The van der Waals surface area contributed by atoms with Gasteiger partial charge < -0.3 is 65.1 Å².